The SMILES string of the molecule is CNCCCNC(=O)c1ccc(S(=O)(=O)C2CCCC2)cc1.Cl. The summed E-state index contributed by atoms with van der Waals surface area (Å²) in [4.78, 5) is 12.3. The number of rotatable bonds is 7. The summed E-state index contributed by atoms with van der Waals surface area (Å²) in [7, 11) is -1.38. The van der Waals surface area contributed by atoms with E-state index < -0.39 is 9.84 Å². The molecule has 2 rings (SSSR count). The van der Waals surface area contributed by atoms with Gasteiger partial charge in [-0.1, -0.05) is 12.8 Å². The Hall–Kier alpha value is -1.11. The molecule has 1 saturated carbocycles. The van der Waals surface area contributed by atoms with Gasteiger partial charge in [-0.05, 0) is 57.1 Å². The summed E-state index contributed by atoms with van der Waals surface area (Å²) >= 11 is 0. The molecule has 0 saturated heterocycles. The van der Waals surface area contributed by atoms with Crippen molar-refractivity contribution in [2.24, 2.45) is 0 Å². The molecule has 0 unspecified atom stereocenters. The predicted molar refractivity (Wildman–Crippen MR) is 94.0 cm³/mol. The highest BCUT2D eigenvalue weighted by atomic mass is 35.5. The molecule has 0 bridgehead atoms. The van der Waals surface area contributed by atoms with Crippen LogP contribution in [-0.4, -0.2) is 39.7 Å². The van der Waals surface area contributed by atoms with Crippen LogP contribution < -0.4 is 10.6 Å². The fourth-order valence-corrected chi connectivity index (χ4v) is 4.61. The van der Waals surface area contributed by atoms with E-state index in [9.17, 15) is 13.2 Å². The van der Waals surface area contributed by atoms with E-state index in [0.717, 1.165) is 38.6 Å². The molecule has 130 valence electrons. The number of carbonyl (C=O) groups is 1. The van der Waals surface area contributed by atoms with E-state index in [1.54, 1.807) is 24.3 Å². The van der Waals surface area contributed by atoms with Crippen molar-refractivity contribution in [1.29, 1.82) is 0 Å². The fourth-order valence-electron chi connectivity index (χ4n) is 2.76. The Morgan fingerprint density at radius 3 is 2.30 bits per heavy atom. The van der Waals surface area contributed by atoms with Crippen molar-refractivity contribution in [2.75, 3.05) is 20.1 Å². The summed E-state index contributed by atoms with van der Waals surface area (Å²) in [6.45, 7) is 1.45. The third-order valence-electron chi connectivity index (χ3n) is 4.08. The molecule has 7 heteroatoms. The molecule has 2 N–H and O–H groups in total. The molecule has 1 aromatic carbocycles. The molecule has 5 nitrogen and oxygen atoms in total. The summed E-state index contributed by atoms with van der Waals surface area (Å²) in [5, 5.41) is 5.58. The first-order valence-electron chi connectivity index (χ1n) is 7.82. The maximum absolute atomic E-state index is 12.5. The van der Waals surface area contributed by atoms with Gasteiger partial charge in [-0.3, -0.25) is 4.79 Å². The van der Waals surface area contributed by atoms with Gasteiger partial charge in [-0.25, -0.2) is 8.42 Å². The van der Waals surface area contributed by atoms with Crippen LogP contribution in [0.4, 0.5) is 0 Å². The number of hydrogen-bond acceptors (Lipinski definition) is 4. The normalized spacial score (nSPS) is 15.2. The predicted octanol–water partition coefficient (Wildman–Crippen LogP) is 2.16. The molecule has 1 aliphatic carbocycles. The van der Waals surface area contributed by atoms with Crippen molar-refractivity contribution in [2.45, 2.75) is 42.2 Å². The van der Waals surface area contributed by atoms with Gasteiger partial charge in [0.2, 0.25) is 0 Å². The van der Waals surface area contributed by atoms with Crippen LogP contribution in [0.1, 0.15) is 42.5 Å². The Kier molecular flexibility index (Phi) is 8.02. The van der Waals surface area contributed by atoms with Crippen LogP contribution in [0.15, 0.2) is 29.2 Å². The highest BCUT2D eigenvalue weighted by Crippen LogP contribution is 2.29. The summed E-state index contributed by atoms with van der Waals surface area (Å²) < 4.78 is 24.9. The summed E-state index contributed by atoms with van der Waals surface area (Å²) in [5.41, 5.74) is 0.495. The Morgan fingerprint density at radius 2 is 1.74 bits per heavy atom. The lowest BCUT2D eigenvalue weighted by Gasteiger charge is -2.11. The third kappa shape index (κ3) is 5.19. The lowest BCUT2D eigenvalue weighted by molar-refractivity contribution is 0.0953. The van der Waals surface area contributed by atoms with Crippen molar-refractivity contribution in [3.8, 4) is 0 Å². The second-order valence-electron chi connectivity index (χ2n) is 5.69. The van der Waals surface area contributed by atoms with Gasteiger partial charge in [0.25, 0.3) is 5.91 Å². The minimum absolute atomic E-state index is 0. The van der Waals surface area contributed by atoms with Gasteiger partial charge in [0.05, 0.1) is 10.1 Å². The van der Waals surface area contributed by atoms with Gasteiger partial charge < -0.3 is 10.6 Å². The third-order valence-corrected chi connectivity index (χ3v) is 6.35. The maximum Gasteiger partial charge on any atom is 0.251 e. The summed E-state index contributed by atoms with van der Waals surface area (Å²) in [6.07, 6.45) is 4.32. The van der Waals surface area contributed by atoms with Gasteiger partial charge in [-0.2, -0.15) is 0 Å². The van der Waals surface area contributed by atoms with Crippen LogP contribution in [0.2, 0.25) is 0 Å². The molecule has 0 aromatic heterocycles. The van der Waals surface area contributed by atoms with Crippen molar-refractivity contribution in [1.82, 2.24) is 10.6 Å². The van der Waals surface area contributed by atoms with Crippen LogP contribution in [-0.2, 0) is 9.84 Å². The van der Waals surface area contributed by atoms with Gasteiger partial charge in [0.15, 0.2) is 9.84 Å². The second kappa shape index (κ2) is 9.25. The Labute approximate surface area is 144 Å². The van der Waals surface area contributed by atoms with Crippen molar-refractivity contribution >= 4 is 28.2 Å². The number of benzene rings is 1. The molecule has 1 fully saturated rings. The van der Waals surface area contributed by atoms with E-state index >= 15 is 0 Å². The quantitative estimate of drug-likeness (QED) is 0.731. The van der Waals surface area contributed by atoms with E-state index in [-0.39, 0.29) is 23.6 Å². The number of carbonyl (C=O) groups excluding carboxylic acids is 1. The Bertz CT molecular complexity index is 596. The fraction of sp³-hybridized carbons (Fsp3) is 0.562. The molecule has 0 radical (unpaired) electrons. The highest BCUT2D eigenvalue weighted by molar-refractivity contribution is 7.92. The Morgan fingerprint density at radius 1 is 1.13 bits per heavy atom. The molecule has 23 heavy (non-hydrogen) atoms. The zero-order valence-corrected chi connectivity index (χ0v) is 15.0. The molecule has 1 amide bonds. The van der Waals surface area contributed by atoms with E-state index in [1.165, 1.54) is 0 Å². The smallest absolute Gasteiger partial charge is 0.251 e. The largest absolute Gasteiger partial charge is 0.352 e. The average Bonchev–Trinajstić information content (AvgIpc) is 3.07. The van der Waals surface area contributed by atoms with Crippen molar-refractivity contribution < 1.29 is 13.2 Å². The van der Waals surface area contributed by atoms with Crippen LogP contribution in [0.25, 0.3) is 0 Å². The zero-order valence-electron chi connectivity index (χ0n) is 13.4. The minimum Gasteiger partial charge on any atom is -0.352 e. The standard InChI is InChI=1S/C16H24N2O3S.ClH/c1-17-11-4-12-18-16(19)13-7-9-15(10-8-13)22(20,21)14-5-2-3-6-14;/h7-10,14,17H,2-6,11-12H2,1H3,(H,18,19);1H. The molecule has 0 atom stereocenters. The van der Waals surface area contributed by atoms with Crippen LogP contribution in [0.3, 0.4) is 0 Å². The van der Waals surface area contributed by atoms with E-state index in [1.807, 2.05) is 7.05 Å². The number of hydrogen-bond donors (Lipinski definition) is 2. The van der Waals surface area contributed by atoms with Gasteiger partial charge in [0, 0.05) is 12.1 Å². The first-order chi connectivity index (χ1) is 10.6. The first-order valence-corrected chi connectivity index (χ1v) is 9.37. The van der Waals surface area contributed by atoms with Crippen LogP contribution >= 0.6 is 12.4 Å². The highest BCUT2D eigenvalue weighted by Gasteiger charge is 2.30. The van der Waals surface area contributed by atoms with Gasteiger partial charge in [-0.15, -0.1) is 12.4 Å². The van der Waals surface area contributed by atoms with Crippen LogP contribution in [0.5, 0.6) is 0 Å². The number of nitrogens with one attached hydrogen (secondary N) is 2. The molecule has 1 aromatic rings. The lowest BCUT2D eigenvalue weighted by atomic mass is 10.2. The van der Waals surface area contributed by atoms with Crippen molar-refractivity contribution in [3.63, 3.8) is 0 Å². The van der Waals surface area contributed by atoms with E-state index in [0.29, 0.717) is 17.0 Å². The number of sulfone groups is 1. The maximum atomic E-state index is 12.5. The summed E-state index contributed by atoms with van der Waals surface area (Å²) in [5.74, 6) is -0.166. The first kappa shape index (κ1) is 19.9. The average molecular weight is 361 g/mol. The molecule has 1 aliphatic rings. The molecule has 0 spiro atoms. The monoisotopic (exact) mass is 360 g/mol. The number of amides is 1. The molecule has 0 heterocycles. The van der Waals surface area contributed by atoms with E-state index in [2.05, 4.69) is 10.6 Å². The van der Waals surface area contributed by atoms with Gasteiger partial charge in [0.1, 0.15) is 0 Å². The van der Waals surface area contributed by atoms with Crippen LogP contribution in [0, 0.1) is 0 Å². The Balaban J connectivity index is 0.00000264. The zero-order chi connectivity index (χ0) is 16.0. The molecule has 0 aliphatic heterocycles. The summed E-state index contributed by atoms with van der Waals surface area (Å²) in [6, 6.07) is 6.29. The lowest BCUT2D eigenvalue weighted by Crippen LogP contribution is -2.26. The number of halogens is 1. The van der Waals surface area contributed by atoms with Crippen molar-refractivity contribution in [3.05, 3.63) is 29.8 Å². The van der Waals surface area contributed by atoms with E-state index in [4.69, 9.17) is 0 Å². The molecular weight excluding hydrogens is 336 g/mol. The minimum atomic E-state index is -3.25. The topological polar surface area (TPSA) is 75.3 Å². The second-order valence-corrected chi connectivity index (χ2v) is 7.92. The van der Waals surface area contributed by atoms with Gasteiger partial charge >= 0.3 is 0 Å². The molecular formula is C16H25ClN2O3S.